The Morgan fingerprint density at radius 1 is 0.223 bits per heavy atom. The van der Waals surface area contributed by atoms with Crippen molar-refractivity contribution in [3.05, 3.63) is 316 Å². The summed E-state index contributed by atoms with van der Waals surface area (Å²) in [4.78, 5) is 122. The third-order valence-corrected chi connectivity index (χ3v) is 30.1. The van der Waals surface area contributed by atoms with Crippen molar-refractivity contribution in [3.63, 3.8) is 0 Å². The topological polar surface area (TPSA) is 373 Å². The highest BCUT2D eigenvalue weighted by atomic mass is 35.5. The van der Waals surface area contributed by atoms with Crippen molar-refractivity contribution in [1.82, 2.24) is 0 Å². The second kappa shape index (κ2) is 25.8. The molecule has 0 radical (unpaired) electrons. The molecule has 11 aliphatic carbocycles. The standard InChI is InChI=1S/C100H75ClO20/c101-100-83-81-82-84(100)98(54-32-22-49(23-33-54)9-4-14-69(91(114)115)92(116)117)76-61-41-39-59-57-37-36-56-58-38-40-60-62-42-44-64-65-45-43-63(61)78(98)80(65)99(100,55-34-24-50(25-35-55)10-5-15-70(93(118)119)94(120)121)79(64)77(62)97(83,53-30-20-48(21-31-53)8-3-13-68(89(110)111)90(112)113)75(60)73(58)95(81,51-26-16-46(17-27-51)6-1-11-66(85(102)103)86(104)105)71(56)72(57)96(82,74(59)76)52-28-18-47(19-29-52)7-2-12-67(87(106)107)88(108)109/h16-45,66-70H,1-15H2,(H,102,103)(H,104,105)(H,106,107)(H,108,109)(H,110,111)(H,112,113)(H,114,115)(H,116,117)(H,118,119)(H,120,121)/t95-,96+,97-,98+,99?,100?. The minimum atomic E-state index is -1.76. The van der Waals surface area contributed by atoms with Crippen molar-refractivity contribution in [2.24, 2.45) is 29.6 Å². The highest BCUT2D eigenvalue weighted by molar-refractivity contribution is 6.35. The normalized spacial score (nSPS) is 21.6. The molecule has 0 saturated carbocycles. The number of benzene rings is 10. The Labute approximate surface area is 695 Å². The molecule has 0 bridgehead atoms. The van der Waals surface area contributed by atoms with Gasteiger partial charge in [-0.3, -0.25) is 47.9 Å². The summed E-state index contributed by atoms with van der Waals surface area (Å²) in [5.41, 5.74) is 25.7. The van der Waals surface area contributed by atoms with Crippen LogP contribution < -0.4 is 0 Å². The van der Waals surface area contributed by atoms with Crippen LogP contribution in [0.15, 0.2) is 204 Å². The molecule has 21 heteroatoms. The Balaban J connectivity index is 0.916. The number of fused-ring (bicyclic) bond motifs is 5. The van der Waals surface area contributed by atoms with Crippen LogP contribution in [0.25, 0.3) is 55.6 Å². The molecular formula is C100H75ClO20. The molecule has 2 unspecified atom stereocenters. The van der Waals surface area contributed by atoms with E-state index in [0.29, 0.717) is 32.1 Å². The summed E-state index contributed by atoms with van der Waals surface area (Å²) in [5.74, 6) is -22.4. The van der Waals surface area contributed by atoms with Crippen LogP contribution in [0, 0.1) is 29.6 Å². The van der Waals surface area contributed by atoms with E-state index in [1.54, 1.807) is 0 Å². The average molecular weight is 1630 g/mol. The van der Waals surface area contributed by atoms with E-state index in [1.807, 2.05) is 0 Å². The first-order chi connectivity index (χ1) is 58.2. The van der Waals surface area contributed by atoms with Crippen LogP contribution in [0.3, 0.4) is 0 Å². The Hall–Kier alpha value is -13.3. The van der Waals surface area contributed by atoms with Gasteiger partial charge in [-0.05, 0) is 286 Å². The maximum Gasteiger partial charge on any atom is 0.317 e. The van der Waals surface area contributed by atoms with Crippen molar-refractivity contribution in [2.75, 3.05) is 0 Å². The number of allylic oxidation sites excluding steroid dienone is 4. The number of halogens is 1. The SMILES string of the molecule is O=C(O)C(CCCc1ccc(C23c4c5ccc6c4[C@@]4(c7ccc(CCCC(C(=O)O)C(=O)O)cc7)C7=C8C9=C(C72Cl)[C@@]2(c7ccc(CCCC(C(=O)O)C(=O)O)cc7)c7c(ccc-5c73)-c3ccc5c(c32)[C@@]9(c2ccc(CCCC(C(=O)O)C(=O)O)cc2)c2c-5ccc3c2[C@@]8(c2ccc(CCCC(C(=O)O)C(=O)O)cc2)c2c-3ccc-6c24)cc1)C(=O)O. The van der Waals surface area contributed by atoms with Gasteiger partial charge in [0.1, 0.15) is 4.87 Å². The first-order valence-corrected chi connectivity index (χ1v) is 41.5. The number of hydrogen-bond donors (Lipinski definition) is 10. The maximum absolute atomic E-state index is 12.4. The van der Waals surface area contributed by atoms with Gasteiger partial charge in [-0.2, -0.15) is 0 Å². The van der Waals surface area contributed by atoms with E-state index in [2.05, 4.69) is 182 Å². The molecule has 21 rings (SSSR count). The molecule has 10 aromatic carbocycles. The van der Waals surface area contributed by atoms with E-state index in [9.17, 15) is 111 Å². The molecule has 10 N–H and O–H groups in total. The highest BCUT2D eigenvalue weighted by Gasteiger charge is 2.87. The molecule has 121 heavy (non-hydrogen) atoms. The Bertz CT molecular complexity index is 6170. The minimum absolute atomic E-state index is 0.117. The average Bonchev–Trinajstić information content (AvgIpc) is 1.39. The molecule has 0 aromatic heterocycles. The fourth-order valence-electron chi connectivity index (χ4n) is 25.0. The first kappa shape index (κ1) is 75.2. The molecule has 0 aliphatic heterocycles. The van der Waals surface area contributed by atoms with Crippen LogP contribution in [0.5, 0.6) is 0 Å². The fraction of sp³-hybridized carbons (Fsp3) is 0.260. The fourth-order valence-corrected chi connectivity index (χ4v) is 25.8. The number of aryl methyl sites for hydroxylation is 5. The minimum Gasteiger partial charge on any atom is -0.481 e. The number of rotatable bonds is 35. The zero-order valence-electron chi connectivity index (χ0n) is 64.7. The molecule has 0 amide bonds. The van der Waals surface area contributed by atoms with Crippen molar-refractivity contribution in [2.45, 2.75) is 128 Å². The summed E-state index contributed by atoms with van der Waals surface area (Å²) in [7, 11) is 0. The van der Waals surface area contributed by atoms with E-state index < -0.39 is 121 Å². The Kier molecular flexibility index (Phi) is 16.1. The molecule has 0 heterocycles. The lowest BCUT2D eigenvalue weighted by Gasteiger charge is -2.64. The summed E-state index contributed by atoms with van der Waals surface area (Å²) in [6.45, 7) is 0. The summed E-state index contributed by atoms with van der Waals surface area (Å²) in [6, 6.07) is 65.2. The monoisotopic (exact) mass is 1630 g/mol. The second-order valence-electron chi connectivity index (χ2n) is 34.6. The quantitative estimate of drug-likeness (QED) is 0.0130. The lowest BCUT2D eigenvalue weighted by Crippen LogP contribution is -2.65. The highest BCUT2D eigenvalue weighted by Crippen LogP contribution is 2.92. The van der Waals surface area contributed by atoms with Crippen LogP contribution in [-0.2, 0) is 107 Å². The lowest BCUT2D eigenvalue weighted by molar-refractivity contribution is -0.156. The number of alkyl halides is 1. The van der Waals surface area contributed by atoms with Crippen molar-refractivity contribution < 1.29 is 99.0 Å². The molecule has 0 saturated heterocycles. The Morgan fingerprint density at radius 2 is 0.388 bits per heavy atom. The lowest BCUT2D eigenvalue weighted by atomic mass is 9.40. The number of carbonyl (C=O) groups is 10. The van der Waals surface area contributed by atoms with Crippen LogP contribution in [-0.4, -0.2) is 116 Å². The van der Waals surface area contributed by atoms with Crippen molar-refractivity contribution in [3.8, 4) is 55.6 Å². The first-order valence-electron chi connectivity index (χ1n) is 41.1. The predicted octanol–water partition coefficient (Wildman–Crippen LogP) is 15.8. The predicted molar refractivity (Wildman–Crippen MR) is 440 cm³/mol. The van der Waals surface area contributed by atoms with Gasteiger partial charge in [0.2, 0.25) is 0 Å². The van der Waals surface area contributed by atoms with Crippen LogP contribution in [0.2, 0.25) is 0 Å². The summed E-state index contributed by atoms with van der Waals surface area (Å²) in [6.07, 6.45) is 2.30. The maximum atomic E-state index is 12.4. The number of carboxylic acids is 10. The van der Waals surface area contributed by atoms with E-state index in [4.69, 9.17) is 0 Å². The van der Waals surface area contributed by atoms with Gasteiger partial charge < -0.3 is 51.1 Å². The second-order valence-corrected chi connectivity index (χ2v) is 35.1. The van der Waals surface area contributed by atoms with E-state index in [-0.39, 0.29) is 64.2 Å². The third-order valence-electron chi connectivity index (χ3n) is 29.4. The zero-order valence-corrected chi connectivity index (χ0v) is 65.5. The molecule has 10 aromatic rings. The molecule has 602 valence electrons. The van der Waals surface area contributed by atoms with Gasteiger partial charge in [-0.1, -0.05) is 182 Å². The van der Waals surface area contributed by atoms with E-state index >= 15 is 0 Å². The molecular weight excluding hydrogens is 1560 g/mol. The summed E-state index contributed by atoms with van der Waals surface area (Å²) in [5, 5.41) is 101. The van der Waals surface area contributed by atoms with Gasteiger partial charge in [0.15, 0.2) is 29.6 Å². The third kappa shape index (κ3) is 9.08. The number of aliphatic carboxylic acids is 10. The van der Waals surface area contributed by atoms with Crippen molar-refractivity contribution >= 4 is 71.3 Å². The van der Waals surface area contributed by atoms with E-state index in [0.717, 1.165) is 189 Å². The van der Waals surface area contributed by atoms with Gasteiger partial charge in [-0.15, -0.1) is 11.6 Å². The van der Waals surface area contributed by atoms with Crippen LogP contribution in [0.4, 0.5) is 0 Å². The number of hydrogen-bond acceptors (Lipinski definition) is 10. The molecule has 11 aliphatic rings. The summed E-state index contributed by atoms with van der Waals surface area (Å²) >= 11 is 10.7. The van der Waals surface area contributed by atoms with Gasteiger partial charge in [-0.25, -0.2) is 0 Å². The van der Waals surface area contributed by atoms with Gasteiger partial charge in [0.05, 0.1) is 27.1 Å². The Morgan fingerprint density at radius 3 is 0.587 bits per heavy atom. The largest absolute Gasteiger partial charge is 0.481 e. The molecule has 6 atom stereocenters. The zero-order chi connectivity index (χ0) is 84.1. The van der Waals surface area contributed by atoms with Crippen LogP contribution in [0.1, 0.15) is 175 Å². The smallest absolute Gasteiger partial charge is 0.317 e. The van der Waals surface area contributed by atoms with Gasteiger partial charge >= 0.3 is 59.7 Å². The summed E-state index contributed by atoms with van der Waals surface area (Å²) < 4.78 is 0. The number of carboxylic acid groups (broad SMARTS) is 10. The molecule has 0 fully saturated rings. The molecule has 0 spiro atoms. The van der Waals surface area contributed by atoms with Crippen LogP contribution >= 0.6 is 11.6 Å². The van der Waals surface area contributed by atoms with Gasteiger partial charge in [0, 0.05) is 0 Å². The van der Waals surface area contributed by atoms with Gasteiger partial charge in [0.25, 0.3) is 0 Å². The molecule has 20 nitrogen and oxygen atoms in total. The van der Waals surface area contributed by atoms with Crippen molar-refractivity contribution in [1.29, 1.82) is 0 Å². The van der Waals surface area contributed by atoms with E-state index in [1.165, 1.54) is 0 Å².